The number of carbonyl (C=O) groups excluding carboxylic acids is 2. The molecule has 0 aliphatic heterocycles. The van der Waals surface area contributed by atoms with Crippen LogP contribution >= 0.6 is 0 Å². The standard InChI is InChI=1S/C30H30F5N7O2S.C4H8O2/c1-42(2)14-13-36-27-22(17-37-28(41-27)38-20-7-9-21(10-8-20)45(3,4)44)18-5-12-25(24(32)15-18)39-29(43)40-26-16-19(30(33,34)35)6-11-23(26)31;1-3-6-4(2)5/h5-12,15-17H,3,13-14H2,1-2,4H3,(H2,39,40,43)(H2,36,37,38,41);3H2,1-2H3. The highest BCUT2D eigenvalue weighted by atomic mass is 32.2. The summed E-state index contributed by atoms with van der Waals surface area (Å²) in [6.07, 6.45) is -1.72. The average Bonchev–Trinajstić information content (AvgIpc) is 3.03. The SMILES string of the molecule is C=S(C)(=O)c1ccc(Nc2ncc(-c3ccc(NC(=O)Nc4cc(C(F)(F)F)ccc4F)c(F)c3)c(NCCN(C)C)n2)cc1.CCOC(C)=O. The predicted molar refractivity (Wildman–Crippen MR) is 190 cm³/mol. The Morgan fingerprint density at radius 1 is 0.961 bits per heavy atom. The first-order valence-electron chi connectivity index (χ1n) is 15.2. The molecule has 1 unspecified atom stereocenters. The maximum Gasteiger partial charge on any atom is 0.416 e. The van der Waals surface area contributed by atoms with Crippen LogP contribution in [0.15, 0.2) is 71.8 Å². The fraction of sp³-hybridized carbons (Fsp3) is 0.265. The number of ether oxygens (including phenoxy) is 1. The number of likely N-dealkylation sites (N-methyl/N-ethyl adjacent to an activating group) is 1. The van der Waals surface area contributed by atoms with Crippen molar-refractivity contribution in [3.05, 3.63) is 84.1 Å². The molecule has 11 nitrogen and oxygen atoms in total. The summed E-state index contributed by atoms with van der Waals surface area (Å²) in [4.78, 5) is 33.7. The largest absolute Gasteiger partial charge is 0.466 e. The Bertz CT molecular complexity index is 1940. The number of alkyl halides is 3. The lowest BCUT2D eigenvalue weighted by Gasteiger charge is -2.16. The molecule has 4 N–H and O–H groups in total. The summed E-state index contributed by atoms with van der Waals surface area (Å²) < 4.78 is 84.7. The molecule has 0 saturated carbocycles. The van der Waals surface area contributed by atoms with E-state index in [4.69, 9.17) is 0 Å². The van der Waals surface area contributed by atoms with Crippen molar-refractivity contribution in [3.63, 3.8) is 0 Å². The number of amides is 2. The first kappa shape index (κ1) is 40.1. The van der Waals surface area contributed by atoms with Gasteiger partial charge in [0.25, 0.3) is 0 Å². The van der Waals surface area contributed by atoms with Crippen LogP contribution in [0.25, 0.3) is 11.1 Å². The van der Waals surface area contributed by atoms with Crippen LogP contribution in [0.3, 0.4) is 0 Å². The molecule has 0 bridgehead atoms. The second-order valence-electron chi connectivity index (χ2n) is 11.2. The average molecular weight is 736 g/mol. The van der Waals surface area contributed by atoms with Crippen LogP contribution in [0.1, 0.15) is 19.4 Å². The van der Waals surface area contributed by atoms with Crippen molar-refractivity contribution >= 4 is 56.2 Å². The molecule has 51 heavy (non-hydrogen) atoms. The van der Waals surface area contributed by atoms with Crippen LogP contribution in [0, 0.1) is 11.6 Å². The highest BCUT2D eigenvalue weighted by Crippen LogP contribution is 2.33. The molecule has 0 aliphatic rings. The normalized spacial score (nSPS) is 12.2. The molecular weight excluding hydrogens is 697 g/mol. The Hall–Kier alpha value is -5.29. The van der Waals surface area contributed by atoms with E-state index in [0.717, 1.165) is 6.07 Å². The molecule has 0 radical (unpaired) electrons. The van der Waals surface area contributed by atoms with Gasteiger partial charge in [-0.2, -0.15) is 18.2 Å². The van der Waals surface area contributed by atoms with Crippen molar-refractivity contribution in [2.24, 2.45) is 0 Å². The van der Waals surface area contributed by atoms with Gasteiger partial charge in [0.05, 0.1) is 23.5 Å². The van der Waals surface area contributed by atoms with Crippen molar-refractivity contribution in [2.75, 3.05) is 61.3 Å². The third-order valence-corrected chi connectivity index (χ3v) is 7.94. The van der Waals surface area contributed by atoms with Gasteiger partial charge in [-0.1, -0.05) is 6.07 Å². The minimum atomic E-state index is -4.75. The zero-order chi connectivity index (χ0) is 37.9. The number of nitrogens with one attached hydrogen (secondary N) is 4. The summed E-state index contributed by atoms with van der Waals surface area (Å²) in [6, 6.07) is 11.1. The topological polar surface area (TPSA) is 138 Å². The number of hydrogen-bond acceptors (Lipinski definition) is 9. The zero-order valence-corrected chi connectivity index (χ0v) is 29.3. The van der Waals surface area contributed by atoms with Crippen molar-refractivity contribution in [3.8, 4) is 11.1 Å². The maximum atomic E-state index is 15.1. The van der Waals surface area contributed by atoms with Crippen LogP contribution in [0.4, 0.5) is 55.6 Å². The van der Waals surface area contributed by atoms with Crippen LogP contribution in [-0.2, 0) is 25.2 Å². The van der Waals surface area contributed by atoms with Crippen LogP contribution in [0.2, 0.25) is 0 Å². The monoisotopic (exact) mass is 735 g/mol. The number of hydrogen-bond donors (Lipinski definition) is 4. The molecule has 4 rings (SSSR count). The van der Waals surface area contributed by atoms with Gasteiger partial charge in [0.1, 0.15) is 17.5 Å². The van der Waals surface area contributed by atoms with Crippen LogP contribution in [0.5, 0.6) is 0 Å². The quantitative estimate of drug-likeness (QED) is 0.0724. The van der Waals surface area contributed by atoms with Gasteiger partial charge < -0.3 is 30.9 Å². The van der Waals surface area contributed by atoms with Gasteiger partial charge in [0.2, 0.25) is 5.95 Å². The number of urea groups is 1. The van der Waals surface area contributed by atoms with Gasteiger partial charge in [0, 0.05) is 48.6 Å². The van der Waals surface area contributed by atoms with Crippen molar-refractivity contribution in [2.45, 2.75) is 24.9 Å². The van der Waals surface area contributed by atoms with Crippen molar-refractivity contribution in [1.29, 1.82) is 0 Å². The molecule has 2 amide bonds. The number of benzene rings is 3. The Kier molecular flexibility index (Phi) is 13.8. The van der Waals surface area contributed by atoms with Gasteiger partial charge in [-0.25, -0.2) is 18.6 Å². The van der Waals surface area contributed by atoms with Gasteiger partial charge >= 0.3 is 18.2 Å². The molecule has 0 saturated heterocycles. The summed E-state index contributed by atoms with van der Waals surface area (Å²) in [5.74, 6) is 2.13. The second kappa shape index (κ2) is 17.6. The number of aromatic nitrogens is 2. The number of carbonyl (C=O) groups is 2. The summed E-state index contributed by atoms with van der Waals surface area (Å²) in [5, 5.41) is 10.4. The fourth-order valence-corrected chi connectivity index (χ4v) is 4.91. The Balaban J connectivity index is 0.00000107. The van der Waals surface area contributed by atoms with E-state index in [1.807, 2.05) is 24.3 Å². The van der Waals surface area contributed by atoms with E-state index in [-0.39, 0.29) is 17.6 Å². The number of esters is 1. The maximum absolute atomic E-state index is 15.1. The Morgan fingerprint density at radius 3 is 2.18 bits per heavy atom. The van der Waals surface area contributed by atoms with E-state index in [1.165, 1.54) is 25.3 Å². The molecule has 1 atom stereocenters. The Labute approximate surface area is 292 Å². The highest BCUT2D eigenvalue weighted by molar-refractivity contribution is 7.99. The molecular formula is C34H38F5N7O4S. The van der Waals surface area contributed by atoms with E-state index in [9.17, 15) is 31.4 Å². The van der Waals surface area contributed by atoms with Gasteiger partial charge in [0.15, 0.2) is 0 Å². The van der Waals surface area contributed by atoms with Crippen molar-refractivity contribution in [1.82, 2.24) is 14.9 Å². The van der Waals surface area contributed by atoms with Crippen molar-refractivity contribution < 1.29 is 40.5 Å². The van der Waals surface area contributed by atoms with E-state index in [2.05, 4.69) is 36.5 Å². The summed E-state index contributed by atoms with van der Waals surface area (Å²) >= 11 is 0. The third-order valence-electron chi connectivity index (χ3n) is 6.67. The van der Waals surface area contributed by atoms with E-state index in [0.29, 0.717) is 65.4 Å². The van der Waals surface area contributed by atoms with Crippen LogP contribution in [-0.4, -0.2) is 77.0 Å². The summed E-state index contributed by atoms with van der Waals surface area (Å²) in [5.41, 5.74) is -0.738. The molecule has 1 heterocycles. The summed E-state index contributed by atoms with van der Waals surface area (Å²) in [6.45, 7) is 4.81. The minimum Gasteiger partial charge on any atom is -0.466 e. The third kappa shape index (κ3) is 12.5. The number of anilines is 5. The lowest BCUT2D eigenvalue weighted by Crippen LogP contribution is -2.21. The van der Waals surface area contributed by atoms with Crippen LogP contribution < -0.4 is 21.3 Å². The minimum absolute atomic E-state index is 0.211. The summed E-state index contributed by atoms with van der Waals surface area (Å²) in [7, 11) is 1.43. The molecule has 0 spiro atoms. The van der Waals surface area contributed by atoms with E-state index in [1.54, 1.807) is 37.4 Å². The lowest BCUT2D eigenvalue weighted by molar-refractivity contribution is -0.140. The first-order chi connectivity index (χ1) is 23.9. The molecule has 0 aliphatic carbocycles. The first-order valence-corrected chi connectivity index (χ1v) is 17.3. The molecule has 1 aromatic heterocycles. The molecule has 3 aromatic carbocycles. The van der Waals surface area contributed by atoms with E-state index >= 15 is 4.39 Å². The van der Waals surface area contributed by atoms with Gasteiger partial charge in [-0.15, -0.1) is 0 Å². The van der Waals surface area contributed by atoms with Gasteiger partial charge in [-0.3, -0.25) is 9.00 Å². The smallest absolute Gasteiger partial charge is 0.416 e. The molecule has 4 aromatic rings. The molecule has 17 heteroatoms. The number of halogens is 5. The molecule has 274 valence electrons. The highest BCUT2D eigenvalue weighted by Gasteiger charge is 2.31. The molecule has 0 fully saturated rings. The lowest BCUT2D eigenvalue weighted by atomic mass is 10.1. The second-order valence-corrected chi connectivity index (χ2v) is 13.7. The Morgan fingerprint density at radius 2 is 1.63 bits per heavy atom. The number of rotatable bonds is 11. The number of nitrogens with zero attached hydrogens (tertiary/aromatic N) is 3. The zero-order valence-electron chi connectivity index (χ0n) is 28.5. The fourth-order valence-electron chi connectivity index (χ4n) is 4.20. The van der Waals surface area contributed by atoms with Gasteiger partial charge in [-0.05, 0) is 96.6 Å². The predicted octanol–water partition coefficient (Wildman–Crippen LogP) is 7.08. The van der Waals surface area contributed by atoms with E-state index < -0.39 is 44.6 Å².